The first-order valence-electron chi connectivity index (χ1n) is 5.49. The molecular formula is C12H16BrNO4. The minimum atomic E-state index is -0.600. The van der Waals surface area contributed by atoms with Crippen molar-refractivity contribution in [1.82, 2.24) is 5.32 Å². The normalized spacial score (nSPS) is 11.1. The van der Waals surface area contributed by atoms with Gasteiger partial charge in [-0.2, -0.15) is 0 Å². The van der Waals surface area contributed by atoms with Gasteiger partial charge in [-0.25, -0.2) is 4.79 Å². The van der Waals surface area contributed by atoms with Gasteiger partial charge in [-0.1, -0.05) is 0 Å². The molecule has 1 amide bonds. The SMILES string of the molecule is CC(C)(C)OC(=O)NCC(=O)Cc1ccc(Br)o1. The van der Waals surface area contributed by atoms with E-state index in [2.05, 4.69) is 21.2 Å². The van der Waals surface area contributed by atoms with Gasteiger partial charge in [-0.3, -0.25) is 4.79 Å². The van der Waals surface area contributed by atoms with Crippen LogP contribution in [0.5, 0.6) is 0 Å². The van der Waals surface area contributed by atoms with Crippen molar-refractivity contribution < 1.29 is 18.7 Å². The molecule has 100 valence electrons. The lowest BCUT2D eigenvalue weighted by Gasteiger charge is -2.19. The number of ether oxygens (including phenoxy) is 1. The number of Topliss-reactive ketones (excluding diaryl/α,β-unsaturated/α-hetero) is 1. The molecule has 5 nitrogen and oxygen atoms in total. The molecule has 1 rings (SSSR count). The number of hydrogen-bond acceptors (Lipinski definition) is 4. The number of ketones is 1. The van der Waals surface area contributed by atoms with Crippen LogP contribution in [0.2, 0.25) is 0 Å². The molecule has 0 aliphatic rings. The molecule has 0 aliphatic heterocycles. The van der Waals surface area contributed by atoms with Crippen LogP contribution in [-0.2, 0) is 16.0 Å². The second-order valence-electron chi connectivity index (χ2n) is 4.78. The van der Waals surface area contributed by atoms with Crippen LogP contribution >= 0.6 is 15.9 Å². The van der Waals surface area contributed by atoms with E-state index in [1.54, 1.807) is 32.9 Å². The first kappa shape index (κ1) is 14.8. The Hall–Kier alpha value is -1.30. The lowest BCUT2D eigenvalue weighted by atomic mass is 10.2. The van der Waals surface area contributed by atoms with Crippen molar-refractivity contribution in [2.45, 2.75) is 32.8 Å². The second kappa shape index (κ2) is 6.04. The molecule has 0 saturated carbocycles. The van der Waals surface area contributed by atoms with E-state index in [1.807, 2.05) is 0 Å². The van der Waals surface area contributed by atoms with Crippen molar-refractivity contribution in [3.63, 3.8) is 0 Å². The summed E-state index contributed by atoms with van der Waals surface area (Å²) in [5.74, 6) is 0.403. The average molecular weight is 318 g/mol. The molecule has 0 saturated heterocycles. The van der Waals surface area contributed by atoms with Crippen LogP contribution in [0, 0.1) is 0 Å². The zero-order valence-corrected chi connectivity index (χ0v) is 12.2. The molecule has 0 atom stereocenters. The standard InChI is InChI=1S/C12H16BrNO4/c1-12(2,3)18-11(16)14-7-8(15)6-9-4-5-10(13)17-9/h4-5H,6-7H2,1-3H3,(H,14,16). The van der Waals surface area contributed by atoms with Crippen LogP contribution < -0.4 is 5.32 Å². The summed E-state index contributed by atoms with van der Waals surface area (Å²) in [6.45, 7) is 5.20. The van der Waals surface area contributed by atoms with E-state index in [9.17, 15) is 9.59 Å². The molecule has 0 aliphatic carbocycles. The van der Waals surface area contributed by atoms with Gasteiger partial charge in [0.15, 0.2) is 10.5 Å². The van der Waals surface area contributed by atoms with Crippen LogP contribution in [-0.4, -0.2) is 24.0 Å². The summed E-state index contributed by atoms with van der Waals surface area (Å²) >= 11 is 3.15. The van der Waals surface area contributed by atoms with E-state index < -0.39 is 11.7 Å². The van der Waals surface area contributed by atoms with Gasteiger partial charge in [0.25, 0.3) is 0 Å². The Bertz CT molecular complexity index is 434. The van der Waals surface area contributed by atoms with Crippen LogP contribution in [0.4, 0.5) is 4.79 Å². The smallest absolute Gasteiger partial charge is 0.408 e. The van der Waals surface area contributed by atoms with Gasteiger partial charge in [0, 0.05) is 0 Å². The Morgan fingerprint density at radius 2 is 2.06 bits per heavy atom. The summed E-state index contributed by atoms with van der Waals surface area (Å²) in [6, 6.07) is 3.42. The molecule has 0 radical (unpaired) electrons. The zero-order valence-electron chi connectivity index (χ0n) is 10.6. The molecule has 1 N–H and O–H groups in total. The van der Waals surface area contributed by atoms with Gasteiger partial charge in [0.2, 0.25) is 0 Å². The van der Waals surface area contributed by atoms with E-state index in [0.717, 1.165) is 0 Å². The molecule has 0 aromatic carbocycles. The highest BCUT2D eigenvalue weighted by Crippen LogP contribution is 2.14. The highest BCUT2D eigenvalue weighted by atomic mass is 79.9. The Labute approximate surface area is 114 Å². The number of carbonyl (C=O) groups excluding carboxylic acids is 2. The first-order chi connectivity index (χ1) is 8.26. The Kier molecular flexibility index (Phi) is 4.95. The number of halogens is 1. The molecule has 6 heteroatoms. The molecule has 0 unspecified atom stereocenters. The molecule has 0 spiro atoms. The fourth-order valence-electron chi connectivity index (χ4n) is 1.19. The minimum absolute atomic E-state index is 0.0762. The maximum absolute atomic E-state index is 11.5. The van der Waals surface area contributed by atoms with Gasteiger partial charge < -0.3 is 14.5 Å². The second-order valence-corrected chi connectivity index (χ2v) is 5.56. The van der Waals surface area contributed by atoms with Crippen LogP contribution in [0.15, 0.2) is 21.2 Å². The highest BCUT2D eigenvalue weighted by Gasteiger charge is 2.16. The molecular weight excluding hydrogens is 302 g/mol. The Morgan fingerprint density at radius 3 is 2.56 bits per heavy atom. The number of carbonyl (C=O) groups is 2. The lowest BCUT2D eigenvalue weighted by Crippen LogP contribution is -2.35. The van der Waals surface area contributed by atoms with Crippen molar-refractivity contribution in [2.24, 2.45) is 0 Å². The van der Waals surface area contributed by atoms with Crippen LogP contribution in [0.1, 0.15) is 26.5 Å². The first-order valence-corrected chi connectivity index (χ1v) is 6.28. The van der Waals surface area contributed by atoms with Gasteiger partial charge in [0.05, 0.1) is 13.0 Å². The monoisotopic (exact) mass is 317 g/mol. The maximum Gasteiger partial charge on any atom is 0.408 e. The van der Waals surface area contributed by atoms with Gasteiger partial charge in [0.1, 0.15) is 11.4 Å². The fourth-order valence-corrected chi connectivity index (χ4v) is 1.53. The summed E-state index contributed by atoms with van der Waals surface area (Å²) < 4.78 is 10.8. The van der Waals surface area contributed by atoms with Crippen LogP contribution in [0.25, 0.3) is 0 Å². The quantitative estimate of drug-likeness (QED) is 0.927. The molecule has 0 bridgehead atoms. The van der Waals surface area contributed by atoms with E-state index in [4.69, 9.17) is 9.15 Å². The van der Waals surface area contributed by atoms with Crippen LogP contribution in [0.3, 0.4) is 0 Å². The van der Waals surface area contributed by atoms with Crippen molar-refractivity contribution in [3.8, 4) is 0 Å². The van der Waals surface area contributed by atoms with Crippen molar-refractivity contribution >= 4 is 27.8 Å². The zero-order chi connectivity index (χ0) is 13.8. The molecule has 18 heavy (non-hydrogen) atoms. The van der Waals surface area contributed by atoms with Crippen molar-refractivity contribution in [2.75, 3.05) is 6.54 Å². The number of rotatable bonds is 4. The third-order valence-electron chi connectivity index (χ3n) is 1.83. The fraction of sp³-hybridized carbons (Fsp3) is 0.500. The third-order valence-corrected chi connectivity index (χ3v) is 2.26. The number of nitrogens with one attached hydrogen (secondary N) is 1. The number of amides is 1. The summed E-state index contributed by atoms with van der Waals surface area (Å²) in [5.41, 5.74) is -0.570. The average Bonchev–Trinajstić information content (AvgIpc) is 2.58. The van der Waals surface area contributed by atoms with E-state index in [1.165, 1.54) is 0 Å². The maximum atomic E-state index is 11.5. The molecule has 0 fully saturated rings. The summed E-state index contributed by atoms with van der Waals surface area (Å²) in [6.07, 6.45) is -0.460. The molecule has 1 aromatic heterocycles. The predicted octanol–water partition coefficient (Wildman–Crippen LogP) is 2.68. The summed E-state index contributed by atoms with van der Waals surface area (Å²) in [4.78, 5) is 22.8. The third kappa shape index (κ3) is 5.86. The van der Waals surface area contributed by atoms with Gasteiger partial charge >= 0.3 is 6.09 Å². The lowest BCUT2D eigenvalue weighted by molar-refractivity contribution is -0.117. The van der Waals surface area contributed by atoms with Crippen molar-refractivity contribution in [3.05, 3.63) is 22.6 Å². The van der Waals surface area contributed by atoms with E-state index in [-0.39, 0.29) is 18.7 Å². The Balaban J connectivity index is 2.31. The van der Waals surface area contributed by atoms with Gasteiger partial charge in [-0.05, 0) is 48.8 Å². The van der Waals surface area contributed by atoms with Gasteiger partial charge in [-0.15, -0.1) is 0 Å². The largest absolute Gasteiger partial charge is 0.454 e. The van der Waals surface area contributed by atoms with E-state index >= 15 is 0 Å². The number of alkyl carbamates (subject to hydrolysis) is 1. The molecule has 1 aromatic rings. The summed E-state index contributed by atoms with van der Waals surface area (Å²) in [7, 11) is 0. The minimum Gasteiger partial charge on any atom is -0.454 e. The number of hydrogen-bond donors (Lipinski definition) is 1. The predicted molar refractivity (Wildman–Crippen MR) is 69.4 cm³/mol. The van der Waals surface area contributed by atoms with Crippen molar-refractivity contribution in [1.29, 1.82) is 0 Å². The highest BCUT2D eigenvalue weighted by molar-refractivity contribution is 9.10. The summed E-state index contributed by atoms with van der Waals surface area (Å²) in [5, 5.41) is 2.40. The van der Waals surface area contributed by atoms with E-state index in [0.29, 0.717) is 10.4 Å². The Morgan fingerprint density at radius 1 is 1.39 bits per heavy atom. The molecule has 1 heterocycles. The number of furan rings is 1. The topological polar surface area (TPSA) is 68.5 Å².